The Morgan fingerprint density at radius 1 is 1.44 bits per heavy atom. The van der Waals surface area contributed by atoms with Crippen molar-refractivity contribution in [2.75, 3.05) is 0 Å². The monoisotopic (exact) mass is 134 g/mol. The summed E-state index contributed by atoms with van der Waals surface area (Å²) in [5, 5.41) is 7.91. The summed E-state index contributed by atoms with van der Waals surface area (Å²) in [6.07, 6.45) is 1.02. The first kappa shape index (κ1) is 15.8. The van der Waals surface area contributed by atoms with Crippen LogP contribution in [-0.2, 0) is 4.79 Å². The van der Waals surface area contributed by atoms with E-state index in [4.69, 9.17) is 5.11 Å². The normalized spacial score (nSPS) is 6.11. The van der Waals surface area contributed by atoms with Crippen LogP contribution in [-0.4, -0.2) is 11.1 Å². The van der Waals surface area contributed by atoms with Crippen molar-refractivity contribution < 1.29 is 9.90 Å². The van der Waals surface area contributed by atoms with Crippen molar-refractivity contribution >= 4 is 5.97 Å². The van der Waals surface area contributed by atoms with Gasteiger partial charge in [-0.05, 0) is 6.42 Å². The minimum absolute atomic E-state index is 0. The van der Waals surface area contributed by atoms with Gasteiger partial charge in [0.05, 0.1) is 0 Å². The SMILES string of the molecule is C.CC.CCCC(=O)O. The number of aliphatic carboxylic acids is 1. The van der Waals surface area contributed by atoms with E-state index >= 15 is 0 Å². The van der Waals surface area contributed by atoms with E-state index in [0.29, 0.717) is 6.42 Å². The van der Waals surface area contributed by atoms with E-state index in [9.17, 15) is 4.79 Å². The molecule has 2 nitrogen and oxygen atoms in total. The number of hydrogen-bond acceptors (Lipinski definition) is 1. The molecule has 0 atom stereocenters. The van der Waals surface area contributed by atoms with Gasteiger partial charge in [-0.15, -0.1) is 0 Å². The van der Waals surface area contributed by atoms with E-state index < -0.39 is 5.97 Å². The molecule has 2 heteroatoms. The molecule has 0 heterocycles. The summed E-state index contributed by atoms with van der Waals surface area (Å²) in [7, 11) is 0. The van der Waals surface area contributed by atoms with E-state index in [1.165, 1.54) is 0 Å². The Balaban J connectivity index is -0.000000109. The molecule has 0 spiro atoms. The van der Waals surface area contributed by atoms with Gasteiger partial charge in [0.25, 0.3) is 0 Å². The number of rotatable bonds is 2. The molecule has 0 fully saturated rings. The summed E-state index contributed by atoms with van der Waals surface area (Å²) in [4.78, 5) is 9.60. The van der Waals surface area contributed by atoms with Crippen molar-refractivity contribution in [1.29, 1.82) is 0 Å². The fourth-order valence-electron chi connectivity index (χ4n) is 0.214. The van der Waals surface area contributed by atoms with E-state index in [-0.39, 0.29) is 7.43 Å². The van der Waals surface area contributed by atoms with Crippen molar-refractivity contribution in [3.8, 4) is 0 Å². The van der Waals surface area contributed by atoms with Crippen LogP contribution in [0.15, 0.2) is 0 Å². The van der Waals surface area contributed by atoms with Crippen LogP contribution in [0, 0.1) is 0 Å². The molecule has 0 rings (SSSR count). The molecule has 0 unspecified atom stereocenters. The van der Waals surface area contributed by atoms with E-state index in [0.717, 1.165) is 6.42 Å². The van der Waals surface area contributed by atoms with E-state index in [2.05, 4.69) is 0 Å². The number of hydrogen-bond donors (Lipinski definition) is 1. The molecule has 0 saturated heterocycles. The molecule has 0 aliphatic carbocycles. The lowest BCUT2D eigenvalue weighted by Crippen LogP contribution is -1.90. The average molecular weight is 134 g/mol. The van der Waals surface area contributed by atoms with E-state index in [1.54, 1.807) is 0 Å². The molecule has 0 aromatic carbocycles. The summed E-state index contributed by atoms with van der Waals surface area (Å²) in [5.41, 5.74) is 0. The zero-order chi connectivity index (χ0) is 6.99. The van der Waals surface area contributed by atoms with Gasteiger partial charge in [-0.25, -0.2) is 0 Å². The first-order valence-corrected chi connectivity index (χ1v) is 2.99. The van der Waals surface area contributed by atoms with Gasteiger partial charge >= 0.3 is 5.97 Å². The van der Waals surface area contributed by atoms with Gasteiger partial charge in [0.2, 0.25) is 0 Å². The highest BCUT2D eigenvalue weighted by molar-refractivity contribution is 5.66. The summed E-state index contributed by atoms with van der Waals surface area (Å²) >= 11 is 0. The summed E-state index contributed by atoms with van der Waals surface area (Å²) in [6.45, 7) is 5.84. The highest BCUT2D eigenvalue weighted by Crippen LogP contribution is 1.82. The largest absolute Gasteiger partial charge is 0.481 e. The van der Waals surface area contributed by atoms with Crippen molar-refractivity contribution in [1.82, 2.24) is 0 Å². The molecule has 0 bridgehead atoms. The lowest BCUT2D eigenvalue weighted by molar-refractivity contribution is -0.137. The minimum atomic E-state index is -0.711. The molecular weight excluding hydrogens is 116 g/mol. The maximum absolute atomic E-state index is 9.60. The fraction of sp³-hybridized carbons (Fsp3) is 0.857. The third-order valence-electron chi connectivity index (χ3n) is 0.464. The second-order valence-corrected chi connectivity index (χ2v) is 1.14. The zero-order valence-corrected chi connectivity index (χ0v) is 5.77. The number of carbonyl (C=O) groups is 1. The van der Waals surface area contributed by atoms with Crippen molar-refractivity contribution in [2.24, 2.45) is 0 Å². The lowest BCUT2D eigenvalue weighted by atomic mass is 10.4. The van der Waals surface area contributed by atoms with Crippen molar-refractivity contribution in [2.45, 2.75) is 41.0 Å². The summed E-state index contributed by atoms with van der Waals surface area (Å²) < 4.78 is 0. The van der Waals surface area contributed by atoms with Crippen LogP contribution >= 0.6 is 0 Å². The molecule has 0 aromatic heterocycles. The molecule has 1 N–H and O–H groups in total. The van der Waals surface area contributed by atoms with Crippen molar-refractivity contribution in [3.63, 3.8) is 0 Å². The second kappa shape index (κ2) is 15.6. The molecule has 0 amide bonds. The second-order valence-electron chi connectivity index (χ2n) is 1.14. The van der Waals surface area contributed by atoms with Gasteiger partial charge in [-0.2, -0.15) is 0 Å². The molecule has 0 aliphatic rings. The van der Waals surface area contributed by atoms with Gasteiger partial charge in [0, 0.05) is 6.42 Å². The Kier molecular flexibility index (Phi) is 27.5. The van der Waals surface area contributed by atoms with Crippen LogP contribution in [0.3, 0.4) is 0 Å². The quantitative estimate of drug-likeness (QED) is 0.630. The Morgan fingerprint density at radius 2 is 1.78 bits per heavy atom. The Hall–Kier alpha value is -0.530. The third-order valence-corrected chi connectivity index (χ3v) is 0.464. The van der Waals surface area contributed by atoms with Gasteiger partial charge < -0.3 is 5.11 Å². The lowest BCUT2D eigenvalue weighted by Gasteiger charge is -1.79. The predicted octanol–water partition coefficient (Wildman–Crippen LogP) is 2.53. The number of carboxylic acids is 1. The Morgan fingerprint density at radius 3 is 1.78 bits per heavy atom. The molecule has 58 valence electrons. The highest BCUT2D eigenvalue weighted by atomic mass is 16.4. The highest BCUT2D eigenvalue weighted by Gasteiger charge is 1.87. The molecule has 0 aromatic rings. The van der Waals surface area contributed by atoms with Crippen LogP contribution in [0.1, 0.15) is 41.0 Å². The molecule has 0 saturated carbocycles. The van der Waals surface area contributed by atoms with Crippen molar-refractivity contribution in [3.05, 3.63) is 0 Å². The topological polar surface area (TPSA) is 37.3 Å². The van der Waals surface area contributed by atoms with Crippen LogP contribution < -0.4 is 0 Å². The number of carboxylic acid groups (broad SMARTS) is 1. The first-order chi connectivity index (χ1) is 3.77. The van der Waals surface area contributed by atoms with Crippen LogP contribution in [0.25, 0.3) is 0 Å². The van der Waals surface area contributed by atoms with Gasteiger partial charge in [-0.3, -0.25) is 4.79 Å². The predicted molar refractivity (Wildman–Crippen MR) is 40.6 cm³/mol. The maximum Gasteiger partial charge on any atom is 0.303 e. The Bertz CT molecular complexity index is 50.9. The van der Waals surface area contributed by atoms with Gasteiger partial charge in [-0.1, -0.05) is 28.2 Å². The smallest absolute Gasteiger partial charge is 0.303 e. The van der Waals surface area contributed by atoms with E-state index in [1.807, 2.05) is 20.8 Å². The third kappa shape index (κ3) is 36.6. The molecule has 0 radical (unpaired) electrons. The zero-order valence-electron chi connectivity index (χ0n) is 5.77. The van der Waals surface area contributed by atoms with Crippen LogP contribution in [0.5, 0.6) is 0 Å². The Labute approximate surface area is 57.9 Å². The fourth-order valence-corrected chi connectivity index (χ4v) is 0.214. The average Bonchev–Trinajstić information content (AvgIpc) is 1.72. The summed E-state index contributed by atoms with van der Waals surface area (Å²) in [6, 6.07) is 0. The van der Waals surface area contributed by atoms with Gasteiger partial charge in [0.1, 0.15) is 0 Å². The first-order valence-electron chi connectivity index (χ1n) is 2.99. The van der Waals surface area contributed by atoms with Gasteiger partial charge in [0.15, 0.2) is 0 Å². The molecule has 0 aliphatic heterocycles. The maximum atomic E-state index is 9.60. The standard InChI is InChI=1S/C4H8O2.C2H6.CH4/c1-2-3-4(5)6;1-2;/h2-3H2,1H3,(H,5,6);1-2H3;1H4. The molecule has 9 heavy (non-hydrogen) atoms. The van der Waals surface area contributed by atoms with Crippen LogP contribution in [0.2, 0.25) is 0 Å². The molecular formula is C7H18O2. The van der Waals surface area contributed by atoms with Crippen LogP contribution in [0.4, 0.5) is 0 Å². The minimum Gasteiger partial charge on any atom is -0.481 e. The summed E-state index contributed by atoms with van der Waals surface area (Å²) in [5.74, 6) is -0.711.